The Labute approximate surface area is 172 Å². The first-order valence-corrected chi connectivity index (χ1v) is 11.2. The molecule has 1 aromatic heterocycles. The maximum Gasteiger partial charge on any atom is 0.213 e. The number of aromatic nitrogens is 1. The van der Waals surface area contributed by atoms with Crippen molar-refractivity contribution in [1.82, 2.24) is 0 Å². The van der Waals surface area contributed by atoms with Gasteiger partial charge in [-0.3, -0.25) is 0 Å². The maximum atomic E-state index is 2.60. The number of benzene rings is 1. The second kappa shape index (κ2) is 5.94. The summed E-state index contributed by atoms with van der Waals surface area (Å²) >= 11 is 0. The van der Waals surface area contributed by atoms with Crippen molar-refractivity contribution in [2.45, 2.75) is 97.4 Å². The third-order valence-corrected chi connectivity index (χ3v) is 9.54. The molecule has 1 nitrogen and oxygen atoms in total. The van der Waals surface area contributed by atoms with Gasteiger partial charge in [0, 0.05) is 37.0 Å². The van der Waals surface area contributed by atoms with Gasteiger partial charge in [-0.15, -0.1) is 0 Å². The van der Waals surface area contributed by atoms with Crippen LogP contribution in [0.4, 0.5) is 0 Å². The summed E-state index contributed by atoms with van der Waals surface area (Å²) in [7, 11) is 0. The smallest absolute Gasteiger partial charge is 0.193 e. The van der Waals surface area contributed by atoms with Gasteiger partial charge in [0.05, 0.1) is 0 Å². The van der Waals surface area contributed by atoms with Gasteiger partial charge in [-0.05, 0) is 51.5 Å². The van der Waals surface area contributed by atoms with E-state index in [0.29, 0.717) is 0 Å². The molecule has 1 aromatic carbocycles. The molecule has 2 aromatic rings. The molecule has 1 heteroatoms. The largest absolute Gasteiger partial charge is 0.213 e. The van der Waals surface area contributed by atoms with Gasteiger partial charge >= 0.3 is 0 Å². The van der Waals surface area contributed by atoms with E-state index in [4.69, 9.17) is 0 Å². The second-order valence-corrected chi connectivity index (χ2v) is 10.8. The monoisotopic (exact) mass is 376 g/mol. The molecular weight excluding hydrogens is 338 g/mol. The fraction of sp³-hybridized carbons (Fsp3) is 0.593. The van der Waals surface area contributed by atoms with Crippen LogP contribution in [0.1, 0.15) is 91.3 Å². The van der Waals surface area contributed by atoms with E-state index < -0.39 is 0 Å². The molecule has 0 unspecified atom stereocenters. The van der Waals surface area contributed by atoms with Crippen LogP contribution in [0, 0.1) is 5.41 Å². The summed E-state index contributed by atoms with van der Waals surface area (Å²) in [6.45, 7) is 19.4. The van der Waals surface area contributed by atoms with Gasteiger partial charge in [0.2, 0.25) is 5.69 Å². The highest BCUT2D eigenvalue weighted by Gasteiger charge is 2.57. The van der Waals surface area contributed by atoms with Gasteiger partial charge in [0.1, 0.15) is 0 Å². The van der Waals surface area contributed by atoms with Crippen LogP contribution in [0.2, 0.25) is 0 Å². The van der Waals surface area contributed by atoms with E-state index in [0.717, 1.165) is 0 Å². The molecule has 0 radical (unpaired) electrons. The standard InChI is InChI=1S/C27H38N/c1-9-27(10-2)15-14-19-17-21-22(25(5,6)26(7,8)24(21,3)4)18-20(19)23-13-11-12-16-28(23)27/h11-13,16-18H,9-10,14-15H2,1-8H3/q+1. The number of fused-ring (bicyclic) bond motifs is 4. The van der Waals surface area contributed by atoms with Crippen molar-refractivity contribution in [2.75, 3.05) is 0 Å². The summed E-state index contributed by atoms with van der Waals surface area (Å²) in [5, 5.41) is 0. The van der Waals surface area contributed by atoms with E-state index in [9.17, 15) is 0 Å². The lowest BCUT2D eigenvalue weighted by atomic mass is 9.59. The van der Waals surface area contributed by atoms with Crippen molar-refractivity contribution < 1.29 is 4.57 Å². The zero-order valence-corrected chi connectivity index (χ0v) is 19.2. The van der Waals surface area contributed by atoms with E-state index >= 15 is 0 Å². The van der Waals surface area contributed by atoms with Crippen LogP contribution >= 0.6 is 0 Å². The van der Waals surface area contributed by atoms with Crippen molar-refractivity contribution >= 4 is 0 Å². The third kappa shape index (κ3) is 2.22. The summed E-state index contributed by atoms with van der Waals surface area (Å²) in [6.07, 6.45) is 7.08. The summed E-state index contributed by atoms with van der Waals surface area (Å²) < 4.78 is 2.60. The normalized spacial score (nSPS) is 22.7. The zero-order chi connectivity index (χ0) is 20.5. The summed E-state index contributed by atoms with van der Waals surface area (Å²) in [4.78, 5) is 0. The molecule has 4 rings (SSSR count). The number of pyridine rings is 1. The van der Waals surface area contributed by atoms with Crippen molar-refractivity contribution in [2.24, 2.45) is 5.41 Å². The quantitative estimate of drug-likeness (QED) is 0.514. The number of hydrogen-bond donors (Lipinski definition) is 0. The highest BCUT2D eigenvalue weighted by molar-refractivity contribution is 5.67. The number of aryl methyl sites for hydroxylation is 1. The van der Waals surface area contributed by atoms with Crippen LogP contribution in [-0.4, -0.2) is 0 Å². The van der Waals surface area contributed by atoms with Crippen LogP contribution in [0.3, 0.4) is 0 Å². The minimum absolute atomic E-state index is 0.152. The Morgan fingerprint density at radius 2 is 1.46 bits per heavy atom. The summed E-state index contributed by atoms with van der Waals surface area (Å²) in [5.41, 5.74) is 8.30. The SMILES string of the molecule is CCC1(CC)CCc2cc3c(cc2-c2cccc[n+]21)C(C)(C)C(C)(C)C3(C)C. The topological polar surface area (TPSA) is 3.88 Å². The van der Waals surface area contributed by atoms with Crippen molar-refractivity contribution in [1.29, 1.82) is 0 Å². The van der Waals surface area contributed by atoms with E-state index in [1.54, 1.807) is 16.7 Å². The summed E-state index contributed by atoms with van der Waals surface area (Å²) in [5.74, 6) is 0. The molecular formula is C27H38N+. The van der Waals surface area contributed by atoms with Crippen molar-refractivity contribution in [3.63, 3.8) is 0 Å². The van der Waals surface area contributed by atoms with Crippen LogP contribution in [0.25, 0.3) is 11.3 Å². The molecule has 28 heavy (non-hydrogen) atoms. The number of rotatable bonds is 2. The van der Waals surface area contributed by atoms with Crippen LogP contribution in [0.15, 0.2) is 36.5 Å². The molecule has 1 aliphatic heterocycles. The Balaban J connectivity index is 2.03. The maximum absolute atomic E-state index is 2.60. The van der Waals surface area contributed by atoms with E-state index in [1.165, 1.54) is 36.9 Å². The highest BCUT2D eigenvalue weighted by atomic mass is 15.1. The Hall–Kier alpha value is -1.63. The average Bonchev–Trinajstić information content (AvgIpc) is 2.77. The van der Waals surface area contributed by atoms with Crippen molar-refractivity contribution in [3.05, 3.63) is 53.2 Å². The Morgan fingerprint density at radius 3 is 2.07 bits per heavy atom. The minimum Gasteiger partial charge on any atom is -0.193 e. The fourth-order valence-corrected chi connectivity index (χ4v) is 6.09. The van der Waals surface area contributed by atoms with Gasteiger partial charge in [0.25, 0.3) is 0 Å². The molecule has 0 amide bonds. The van der Waals surface area contributed by atoms with E-state index in [2.05, 4.69) is 96.5 Å². The average molecular weight is 377 g/mol. The molecule has 0 bridgehead atoms. The van der Waals surface area contributed by atoms with Gasteiger partial charge in [-0.2, -0.15) is 4.57 Å². The van der Waals surface area contributed by atoms with Crippen LogP contribution in [-0.2, 0) is 22.8 Å². The highest BCUT2D eigenvalue weighted by Crippen LogP contribution is 2.62. The number of hydrogen-bond acceptors (Lipinski definition) is 0. The second-order valence-electron chi connectivity index (χ2n) is 10.8. The third-order valence-electron chi connectivity index (χ3n) is 9.54. The number of nitrogens with zero attached hydrogens (tertiary/aromatic N) is 1. The first-order valence-electron chi connectivity index (χ1n) is 11.2. The fourth-order valence-electron chi connectivity index (χ4n) is 6.09. The lowest BCUT2D eigenvalue weighted by molar-refractivity contribution is -0.757. The molecule has 0 saturated heterocycles. The molecule has 0 fully saturated rings. The van der Waals surface area contributed by atoms with E-state index in [1.807, 2.05) is 0 Å². The lowest BCUT2D eigenvalue weighted by Crippen LogP contribution is -2.56. The van der Waals surface area contributed by atoms with Gasteiger partial charge in [0.15, 0.2) is 11.7 Å². The van der Waals surface area contributed by atoms with E-state index in [-0.39, 0.29) is 21.8 Å². The van der Waals surface area contributed by atoms with Gasteiger partial charge in [-0.25, -0.2) is 0 Å². The van der Waals surface area contributed by atoms with Crippen molar-refractivity contribution in [3.8, 4) is 11.3 Å². The molecule has 0 saturated carbocycles. The molecule has 2 aliphatic rings. The molecule has 0 spiro atoms. The van der Waals surface area contributed by atoms with Crippen LogP contribution < -0.4 is 4.57 Å². The summed E-state index contributed by atoms with van der Waals surface area (Å²) in [6, 6.07) is 11.9. The van der Waals surface area contributed by atoms with Crippen LogP contribution in [0.5, 0.6) is 0 Å². The van der Waals surface area contributed by atoms with Gasteiger partial charge in [-0.1, -0.05) is 61.5 Å². The Kier molecular flexibility index (Phi) is 4.17. The molecule has 0 N–H and O–H groups in total. The van der Waals surface area contributed by atoms with Gasteiger partial charge < -0.3 is 0 Å². The predicted octanol–water partition coefficient (Wildman–Crippen LogP) is 6.70. The molecule has 1 aliphatic carbocycles. The molecule has 150 valence electrons. The molecule has 0 atom stereocenters. The first kappa shape index (κ1) is 19.7. The zero-order valence-electron chi connectivity index (χ0n) is 19.2. The predicted molar refractivity (Wildman–Crippen MR) is 119 cm³/mol. The minimum atomic E-state index is 0.152. The Morgan fingerprint density at radius 1 is 0.857 bits per heavy atom. The first-order chi connectivity index (χ1) is 13.0. The Bertz CT molecular complexity index is 925. The lowest BCUT2D eigenvalue weighted by Gasteiger charge is -2.44. The molecule has 2 heterocycles.